The lowest BCUT2D eigenvalue weighted by molar-refractivity contribution is -0.140. The summed E-state index contributed by atoms with van der Waals surface area (Å²) in [6.07, 6.45) is 2.74. The van der Waals surface area contributed by atoms with Crippen molar-refractivity contribution in [1.29, 1.82) is 0 Å². The van der Waals surface area contributed by atoms with Crippen LogP contribution >= 0.6 is 0 Å². The van der Waals surface area contributed by atoms with E-state index in [1.54, 1.807) is 16.4 Å². The van der Waals surface area contributed by atoms with Gasteiger partial charge in [-0.15, -0.1) is 5.10 Å². The Morgan fingerprint density at radius 1 is 1.12 bits per heavy atom. The molecule has 170 valence electrons. The van der Waals surface area contributed by atoms with Gasteiger partial charge in [-0.05, 0) is 35.1 Å². The Bertz CT molecular complexity index is 1070. The fraction of sp³-hybridized carbons (Fsp3) is 0.391. The lowest BCUT2D eigenvalue weighted by Crippen LogP contribution is -2.37. The summed E-state index contributed by atoms with van der Waals surface area (Å²) in [5.74, 6) is -1.18. The average molecular weight is 440 g/mol. The van der Waals surface area contributed by atoms with Crippen LogP contribution in [0, 0.1) is 5.92 Å². The monoisotopic (exact) mass is 439 g/mol. The molecule has 1 amide bonds. The number of carbonyl (C=O) groups is 2. The highest BCUT2D eigenvalue weighted by molar-refractivity contribution is 5.83. The molecule has 0 bridgehead atoms. The molecule has 0 aliphatic carbocycles. The summed E-state index contributed by atoms with van der Waals surface area (Å²) < 4.78 is 1.60. The smallest absolute Gasteiger partial charge is 0.320 e. The predicted octanol–water partition coefficient (Wildman–Crippen LogP) is 2.70. The molecule has 0 saturated carbocycles. The Kier molecular flexibility index (Phi) is 7.91. The van der Waals surface area contributed by atoms with Crippen LogP contribution in [-0.2, 0) is 22.6 Å². The van der Waals surface area contributed by atoms with Crippen molar-refractivity contribution < 1.29 is 19.9 Å². The number of amides is 1. The molecule has 9 heteroatoms. The Hall–Kier alpha value is -3.30. The maximum Gasteiger partial charge on any atom is 0.320 e. The van der Waals surface area contributed by atoms with Gasteiger partial charge in [0.05, 0.1) is 24.4 Å². The van der Waals surface area contributed by atoms with Crippen LogP contribution in [-0.4, -0.2) is 43.2 Å². The molecular formula is C23H29N5O4. The quantitative estimate of drug-likeness (QED) is 0.267. The molecule has 0 aliphatic heterocycles. The number of carboxylic acids is 1. The number of hydroxylamine groups is 1. The number of fused-ring (bicyclic) bond motifs is 1. The van der Waals surface area contributed by atoms with Crippen molar-refractivity contribution in [3.8, 4) is 0 Å². The lowest BCUT2D eigenvalue weighted by atomic mass is 10.00. The first-order chi connectivity index (χ1) is 15.4. The van der Waals surface area contributed by atoms with E-state index in [1.165, 1.54) is 0 Å². The molecule has 0 saturated heterocycles. The summed E-state index contributed by atoms with van der Waals surface area (Å²) in [6.45, 7) is 4.19. The fourth-order valence-electron chi connectivity index (χ4n) is 3.70. The summed E-state index contributed by atoms with van der Waals surface area (Å²) in [6, 6.07) is 13.1. The van der Waals surface area contributed by atoms with E-state index in [0.29, 0.717) is 18.5 Å². The number of carbonyl (C=O) groups excluding carboxylic acids is 1. The molecule has 0 aliphatic rings. The van der Waals surface area contributed by atoms with E-state index in [0.717, 1.165) is 16.3 Å². The van der Waals surface area contributed by atoms with E-state index >= 15 is 0 Å². The molecule has 3 rings (SSSR count). The molecule has 0 radical (unpaired) electrons. The summed E-state index contributed by atoms with van der Waals surface area (Å²) in [5, 5.41) is 31.9. The molecular weight excluding hydrogens is 410 g/mol. The van der Waals surface area contributed by atoms with Gasteiger partial charge in [-0.25, -0.2) is 10.2 Å². The third-order valence-electron chi connectivity index (χ3n) is 5.30. The molecule has 4 N–H and O–H groups in total. The average Bonchev–Trinajstić information content (AvgIpc) is 3.24. The molecule has 2 unspecified atom stereocenters. The number of nitrogens with one attached hydrogen (secondary N) is 2. The second kappa shape index (κ2) is 10.8. The normalized spacial score (nSPS) is 13.2. The topological polar surface area (TPSA) is 129 Å². The van der Waals surface area contributed by atoms with Gasteiger partial charge in [0.25, 0.3) is 0 Å². The predicted molar refractivity (Wildman–Crippen MR) is 119 cm³/mol. The highest BCUT2D eigenvalue weighted by atomic mass is 16.5. The number of benzene rings is 2. The van der Waals surface area contributed by atoms with E-state index in [9.17, 15) is 14.7 Å². The third-order valence-corrected chi connectivity index (χ3v) is 5.30. The second-order valence-electron chi connectivity index (χ2n) is 8.37. The van der Waals surface area contributed by atoms with Crippen molar-refractivity contribution in [3.05, 3.63) is 59.9 Å². The van der Waals surface area contributed by atoms with Gasteiger partial charge in [-0.2, -0.15) is 0 Å². The van der Waals surface area contributed by atoms with Gasteiger partial charge in [0.15, 0.2) is 0 Å². The van der Waals surface area contributed by atoms with Crippen molar-refractivity contribution >= 4 is 22.6 Å². The van der Waals surface area contributed by atoms with Crippen LogP contribution in [0.2, 0.25) is 0 Å². The number of rotatable bonds is 11. The summed E-state index contributed by atoms with van der Waals surface area (Å²) >= 11 is 0. The van der Waals surface area contributed by atoms with Gasteiger partial charge in [0.1, 0.15) is 6.04 Å². The first-order valence-corrected chi connectivity index (χ1v) is 10.6. The van der Waals surface area contributed by atoms with Crippen molar-refractivity contribution in [2.45, 2.75) is 51.7 Å². The van der Waals surface area contributed by atoms with Gasteiger partial charge in [-0.1, -0.05) is 61.5 Å². The van der Waals surface area contributed by atoms with Crippen LogP contribution in [0.3, 0.4) is 0 Å². The molecule has 9 nitrogen and oxygen atoms in total. The highest BCUT2D eigenvalue weighted by Crippen LogP contribution is 2.22. The highest BCUT2D eigenvalue weighted by Gasteiger charge is 2.21. The molecule has 32 heavy (non-hydrogen) atoms. The Morgan fingerprint density at radius 2 is 1.88 bits per heavy atom. The van der Waals surface area contributed by atoms with Crippen LogP contribution in [0.15, 0.2) is 48.7 Å². The molecule has 2 aromatic carbocycles. The zero-order valence-electron chi connectivity index (χ0n) is 18.2. The Balaban J connectivity index is 1.74. The van der Waals surface area contributed by atoms with Crippen molar-refractivity contribution in [2.75, 3.05) is 0 Å². The van der Waals surface area contributed by atoms with Crippen molar-refractivity contribution in [1.82, 2.24) is 25.8 Å². The molecule has 2 atom stereocenters. The first-order valence-electron chi connectivity index (χ1n) is 10.6. The van der Waals surface area contributed by atoms with Gasteiger partial charge in [0.2, 0.25) is 5.91 Å². The molecule has 1 heterocycles. The zero-order valence-corrected chi connectivity index (χ0v) is 18.2. The van der Waals surface area contributed by atoms with Crippen molar-refractivity contribution in [3.63, 3.8) is 0 Å². The lowest BCUT2D eigenvalue weighted by Gasteiger charge is -2.17. The van der Waals surface area contributed by atoms with Crippen LogP contribution in [0.1, 0.15) is 44.0 Å². The Morgan fingerprint density at radius 3 is 2.56 bits per heavy atom. The minimum atomic E-state index is -0.903. The SMILES string of the molecule is CC(C)CC(NCc1cn(C(CC(=O)NO)Cc2ccc3ccccc3c2)nn1)C(=O)O. The summed E-state index contributed by atoms with van der Waals surface area (Å²) in [5.41, 5.74) is 3.28. The molecule has 0 fully saturated rings. The molecule has 3 aromatic rings. The van der Waals surface area contributed by atoms with Crippen LogP contribution in [0.4, 0.5) is 0 Å². The largest absolute Gasteiger partial charge is 0.480 e. The van der Waals surface area contributed by atoms with Gasteiger partial charge in [0, 0.05) is 6.54 Å². The number of aliphatic carboxylic acids is 1. The number of hydrogen-bond donors (Lipinski definition) is 4. The first kappa shape index (κ1) is 23.4. The van der Waals surface area contributed by atoms with Crippen LogP contribution < -0.4 is 10.8 Å². The zero-order chi connectivity index (χ0) is 23.1. The van der Waals surface area contributed by atoms with E-state index in [4.69, 9.17) is 5.21 Å². The summed E-state index contributed by atoms with van der Waals surface area (Å²) in [4.78, 5) is 23.3. The number of aromatic nitrogens is 3. The minimum Gasteiger partial charge on any atom is -0.480 e. The molecule has 1 aromatic heterocycles. The number of carboxylic acid groups (broad SMARTS) is 1. The van der Waals surface area contributed by atoms with E-state index in [2.05, 4.69) is 21.7 Å². The number of nitrogens with zero attached hydrogens (tertiary/aromatic N) is 3. The molecule has 0 spiro atoms. The standard InChI is InChI=1S/C23H29N5O4/c1-15(2)9-21(23(30)31)24-13-19-14-28(27-25-19)20(12-22(29)26-32)11-16-7-8-17-5-3-4-6-18(17)10-16/h3-8,10,14-15,20-21,24,32H,9,11-13H2,1-2H3,(H,26,29)(H,30,31). The van der Waals surface area contributed by atoms with Crippen molar-refractivity contribution in [2.24, 2.45) is 5.92 Å². The van der Waals surface area contributed by atoms with Gasteiger partial charge >= 0.3 is 5.97 Å². The maximum absolute atomic E-state index is 11.9. The Labute approximate surface area is 186 Å². The summed E-state index contributed by atoms with van der Waals surface area (Å²) in [7, 11) is 0. The van der Waals surface area contributed by atoms with E-state index in [-0.39, 0.29) is 24.9 Å². The second-order valence-corrected chi connectivity index (χ2v) is 8.37. The van der Waals surface area contributed by atoms with E-state index < -0.39 is 17.9 Å². The van der Waals surface area contributed by atoms with E-state index in [1.807, 2.05) is 50.2 Å². The minimum absolute atomic E-state index is 0.0185. The van der Waals surface area contributed by atoms with Gasteiger partial charge < -0.3 is 5.11 Å². The number of hydrogen-bond acceptors (Lipinski definition) is 6. The van der Waals surface area contributed by atoms with Gasteiger partial charge in [-0.3, -0.25) is 20.1 Å². The maximum atomic E-state index is 11.9. The third kappa shape index (κ3) is 6.35. The fourth-order valence-corrected chi connectivity index (χ4v) is 3.70. The van der Waals surface area contributed by atoms with Crippen LogP contribution in [0.25, 0.3) is 10.8 Å². The van der Waals surface area contributed by atoms with Crippen LogP contribution in [0.5, 0.6) is 0 Å².